The van der Waals surface area contributed by atoms with Gasteiger partial charge < -0.3 is 0 Å². The van der Waals surface area contributed by atoms with Gasteiger partial charge >= 0.3 is 0 Å². The van der Waals surface area contributed by atoms with E-state index in [4.69, 9.17) is 0 Å². The van der Waals surface area contributed by atoms with E-state index in [0.717, 1.165) is 5.69 Å². The van der Waals surface area contributed by atoms with Crippen molar-refractivity contribution in [2.45, 2.75) is 26.2 Å². The number of nitrogens with zero attached hydrogens (tertiary/aromatic N) is 1. The quantitative estimate of drug-likeness (QED) is 0.644. The van der Waals surface area contributed by atoms with Crippen LogP contribution in [-0.2, 0) is 5.41 Å². The lowest BCUT2D eigenvalue weighted by Crippen LogP contribution is -2.14. The van der Waals surface area contributed by atoms with Crippen molar-refractivity contribution in [3.8, 4) is 11.3 Å². The summed E-state index contributed by atoms with van der Waals surface area (Å²) in [7, 11) is 0. The lowest BCUT2D eigenvalue weighted by atomic mass is 9.83. The number of benzene rings is 1. The zero-order valence-corrected chi connectivity index (χ0v) is 9.91. The molecular formula is C15H15N. The molecule has 0 radical (unpaired) electrons. The predicted octanol–water partition coefficient (Wildman–Crippen LogP) is 3.70. The van der Waals surface area contributed by atoms with E-state index in [1.807, 2.05) is 12.3 Å². The van der Waals surface area contributed by atoms with Gasteiger partial charge in [0.05, 0.1) is 5.69 Å². The van der Waals surface area contributed by atoms with Gasteiger partial charge in [0.25, 0.3) is 0 Å². The lowest BCUT2D eigenvalue weighted by molar-refractivity contribution is 0.659. The van der Waals surface area contributed by atoms with E-state index in [0.29, 0.717) is 0 Å². The molecule has 1 aromatic carbocycles. The minimum absolute atomic E-state index is 0.0899. The third-order valence-corrected chi connectivity index (χ3v) is 3.58. The van der Waals surface area contributed by atoms with Gasteiger partial charge in [0, 0.05) is 17.2 Å². The Labute approximate surface area is 96.2 Å². The maximum Gasteiger partial charge on any atom is 0.0745 e. The number of rotatable bonds is 0. The van der Waals surface area contributed by atoms with Gasteiger partial charge in [-0.2, -0.15) is 0 Å². The zero-order chi connectivity index (χ0) is 11.3. The summed E-state index contributed by atoms with van der Waals surface area (Å²) in [5.41, 5.74) is 6.59. The molecule has 1 aromatic heterocycles. The molecule has 0 N–H and O–H groups in total. The average Bonchev–Trinajstić information content (AvgIpc) is 2.49. The van der Waals surface area contributed by atoms with Crippen molar-refractivity contribution in [2.24, 2.45) is 0 Å². The summed E-state index contributed by atoms with van der Waals surface area (Å²) >= 11 is 0. The summed E-state index contributed by atoms with van der Waals surface area (Å²) in [6, 6.07) is 10.9. The largest absolute Gasteiger partial charge is 0.256 e. The van der Waals surface area contributed by atoms with Gasteiger partial charge in [0.15, 0.2) is 0 Å². The van der Waals surface area contributed by atoms with Crippen LogP contribution in [0.15, 0.2) is 36.5 Å². The van der Waals surface area contributed by atoms with Crippen molar-refractivity contribution in [3.63, 3.8) is 0 Å². The van der Waals surface area contributed by atoms with Crippen LogP contribution >= 0.6 is 0 Å². The molecule has 1 aliphatic carbocycles. The molecule has 0 saturated carbocycles. The summed E-state index contributed by atoms with van der Waals surface area (Å²) in [6.45, 7) is 6.68. The first-order valence-electron chi connectivity index (χ1n) is 5.68. The number of aromatic nitrogens is 1. The maximum atomic E-state index is 4.54. The highest BCUT2D eigenvalue weighted by Gasteiger charge is 2.35. The van der Waals surface area contributed by atoms with E-state index >= 15 is 0 Å². The molecule has 0 fully saturated rings. The first-order valence-corrected chi connectivity index (χ1v) is 5.68. The van der Waals surface area contributed by atoms with E-state index in [1.165, 1.54) is 22.3 Å². The second kappa shape index (κ2) is 2.94. The Morgan fingerprint density at radius 2 is 1.88 bits per heavy atom. The van der Waals surface area contributed by atoms with Gasteiger partial charge in [-0.3, -0.25) is 4.98 Å². The van der Waals surface area contributed by atoms with E-state index in [2.05, 4.69) is 50.0 Å². The van der Waals surface area contributed by atoms with Crippen LogP contribution in [0.5, 0.6) is 0 Å². The van der Waals surface area contributed by atoms with Crippen LogP contribution in [0.3, 0.4) is 0 Å². The second-order valence-electron chi connectivity index (χ2n) is 5.07. The minimum atomic E-state index is 0.0899. The van der Waals surface area contributed by atoms with Crippen LogP contribution in [0.25, 0.3) is 11.3 Å². The Hall–Kier alpha value is -1.63. The fraction of sp³-hybridized carbons (Fsp3) is 0.267. The van der Waals surface area contributed by atoms with E-state index in [9.17, 15) is 0 Å². The molecule has 1 heterocycles. The van der Waals surface area contributed by atoms with Crippen molar-refractivity contribution in [3.05, 3.63) is 53.2 Å². The molecule has 0 atom stereocenters. The Kier molecular flexibility index (Phi) is 1.76. The van der Waals surface area contributed by atoms with Gasteiger partial charge in [-0.25, -0.2) is 0 Å². The number of hydrogen-bond acceptors (Lipinski definition) is 1. The molecule has 0 aliphatic heterocycles. The maximum absolute atomic E-state index is 4.54. The minimum Gasteiger partial charge on any atom is -0.256 e. The third kappa shape index (κ3) is 1.09. The molecule has 0 amide bonds. The van der Waals surface area contributed by atoms with Crippen molar-refractivity contribution < 1.29 is 0 Å². The Morgan fingerprint density at radius 1 is 1.06 bits per heavy atom. The predicted molar refractivity (Wildman–Crippen MR) is 66.5 cm³/mol. The van der Waals surface area contributed by atoms with Crippen LogP contribution in [-0.4, -0.2) is 4.98 Å². The molecule has 2 aromatic rings. The zero-order valence-electron chi connectivity index (χ0n) is 9.91. The topological polar surface area (TPSA) is 12.9 Å². The van der Waals surface area contributed by atoms with Crippen LogP contribution in [0.4, 0.5) is 0 Å². The van der Waals surface area contributed by atoms with Crippen molar-refractivity contribution in [2.75, 3.05) is 0 Å². The first kappa shape index (κ1) is 9.59. The molecule has 0 saturated heterocycles. The van der Waals surface area contributed by atoms with E-state index in [-0.39, 0.29) is 5.41 Å². The smallest absolute Gasteiger partial charge is 0.0745 e. The molecule has 80 valence electrons. The Bertz CT molecular complexity index is 567. The molecule has 1 heteroatoms. The van der Waals surface area contributed by atoms with Crippen molar-refractivity contribution >= 4 is 0 Å². The second-order valence-corrected chi connectivity index (χ2v) is 5.07. The highest BCUT2D eigenvalue weighted by atomic mass is 14.7. The van der Waals surface area contributed by atoms with E-state index < -0.39 is 0 Å². The molecule has 0 unspecified atom stereocenters. The normalized spacial score (nSPS) is 15.7. The van der Waals surface area contributed by atoms with Gasteiger partial charge in [0.1, 0.15) is 0 Å². The van der Waals surface area contributed by atoms with Gasteiger partial charge in [-0.05, 0) is 30.2 Å². The van der Waals surface area contributed by atoms with Crippen molar-refractivity contribution in [1.82, 2.24) is 4.98 Å². The first-order chi connectivity index (χ1) is 7.60. The Balaban J connectivity index is 2.40. The molecular weight excluding hydrogens is 194 g/mol. The van der Waals surface area contributed by atoms with Crippen LogP contribution in [0, 0.1) is 6.92 Å². The van der Waals surface area contributed by atoms with Gasteiger partial charge in [0.2, 0.25) is 0 Å². The fourth-order valence-electron chi connectivity index (χ4n) is 2.67. The van der Waals surface area contributed by atoms with Crippen molar-refractivity contribution in [1.29, 1.82) is 0 Å². The third-order valence-electron chi connectivity index (χ3n) is 3.58. The summed E-state index contributed by atoms with van der Waals surface area (Å²) in [5.74, 6) is 0. The molecule has 1 aliphatic rings. The van der Waals surface area contributed by atoms with Crippen LogP contribution in [0.1, 0.15) is 30.5 Å². The number of aryl methyl sites for hydroxylation is 1. The highest BCUT2D eigenvalue weighted by molar-refractivity contribution is 5.78. The van der Waals surface area contributed by atoms with Crippen LogP contribution in [0.2, 0.25) is 0 Å². The van der Waals surface area contributed by atoms with Gasteiger partial charge in [-0.15, -0.1) is 0 Å². The van der Waals surface area contributed by atoms with Gasteiger partial charge in [-0.1, -0.05) is 37.6 Å². The summed E-state index contributed by atoms with van der Waals surface area (Å²) in [4.78, 5) is 4.54. The SMILES string of the molecule is Cc1ccc2c(c1)-c1ncccc1C2(C)C. The molecule has 0 bridgehead atoms. The summed E-state index contributed by atoms with van der Waals surface area (Å²) in [5, 5.41) is 0. The highest BCUT2D eigenvalue weighted by Crippen LogP contribution is 2.47. The fourth-order valence-corrected chi connectivity index (χ4v) is 2.67. The van der Waals surface area contributed by atoms with E-state index in [1.54, 1.807) is 0 Å². The monoisotopic (exact) mass is 209 g/mol. The molecule has 0 spiro atoms. The molecule has 1 nitrogen and oxygen atoms in total. The summed E-state index contributed by atoms with van der Waals surface area (Å²) in [6.07, 6.45) is 1.88. The Morgan fingerprint density at radius 3 is 2.69 bits per heavy atom. The lowest BCUT2D eigenvalue weighted by Gasteiger charge is -2.20. The standard InChI is InChI=1S/C15H15N/c1-10-6-7-12-11(9-10)14-13(15(12,2)3)5-4-8-16-14/h4-9H,1-3H3. The summed E-state index contributed by atoms with van der Waals surface area (Å²) < 4.78 is 0. The molecule has 16 heavy (non-hydrogen) atoms. The number of pyridine rings is 1. The average molecular weight is 209 g/mol. The number of hydrogen-bond donors (Lipinski definition) is 0. The molecule has 3 rings (SSSR count). The number of fused-ring (bicyclic) bond motifs is 3. The van der Waals surface area contributed by atoms with Crippen LogP contribution < -0.4 is 0 Å².